The normalized spacial score (nSPS) is 11.6. The molecule has 0 aliphatic rings. The summed E-state index contributed by atoms with van der Waals surface area (Å²) in [7, 11) is 0. The molecule has 0 saturated carbocycles. The molecule has 0 fully saturated rings. The van der Waals surface area contributed by atoms with E-state index in [4.69, 9.17) is 5.73 Å². The molecule has 0 aromatic carbocycles. The maximum absolute atomic E-state index is 11.7. The molecule has 16 heavy (non-hydrogen) atoms. The topological polar surface area (TPSA) is 73.8 Å². The van der Waals surface area contributed by atoms with Crippen LogP contribution in [0.1, 0.15) is 13.3 Å². The fourth-order valence-corrected chi connectivity index (χ4v) is 2.26. The third-order valence-electron chi connectivity index (χ3n) is 2.17. The number of nitrogens with two attached hydrogens (primary N) is 1. The number of hydrogen-bond donors (Lipinski definition) is 1. The smallest absolute Gasteiger partial charge is 0.309 e. The van der Waals surface area contributed by atoms with E-state index in [1.54, 1.807) is 4.57 Å². The van der Waals surface area contributed by atoms with Gasteiger partial charge in [-0.25, -0.2) is 9.97 Å². The molecule has 5 nitrogen and oxygen atoms in total. The van der Waals surface area contributed by atoms with E-state index < -0.39 is 0 Å². The van der Waals surface area contributed by atoms with Crippen molar-refractivity contribution in [2.24, 2.45) is 0 Å². The van der Waals surface area contributed by atoms with Crippen LogP contribution in [0.15, 0.2) is 23.3 Å². The molecule has 2 aromatic heterocycles. The zero-order valence-electron chi connectivity index (χ0n) is 8.88. The van der Waals surface area contributed by atoms with Gasteiger partial charge in [0.25, 0.3) is 0 Å². The molecule has 2 rings (SSSR count). The Balaban J connectivity index is 2.52. The molecule has 0 amide bonds. The zero-order valence-corrected chi connectivity index (χ0v) is 9.70. The first-order chi connectivity index (χ1) is 7.74. The molecular weight excluding hydrogens is 224 g/mol. The highest BCUT2D eigenvalue weighted by Gasteiger charge is 2.10. The minimum Gasteiger partial charge on any atom is -0.382 e. The molecule has 2 aromatic rings. The van der Waals surface area contributed by atoms with Crippen LogP contribution in [0, 0.1) is 0 Å². The predicted molar refractivity (Wildman–Crippen MR) is 65.5 cm³/mol. The predicted octanol–water partition coefficient (Wildman–Crippen LogP) is 1.40. The lowest BCUT2D eigenvalue weighted by molar-refractivity contribution is 0.822. The van der Waals surface area contributed by atoms with Crippen molar-refractivity contribution in [3.8, 4) is 0 Å². The number of thiazole rings is 1. The SMILES string of the molecule is CCC=CCn1c(=O)sc2c(N)ncnc21. The fourth-order valence-electron chi connectivity index (χ4n) is 1.40. The summed E-state index contributed by atoms with van der Waals surface area (Å²) in [5.74, 6) is 0.366. The Kier molecular flexibility index (Phi) is 3.00. The van der Waals surface area contributed by atoms with Gasteiger partial charge in [0.15, 0.2) is 5.65 Å². The minimum absolute atomic E-state index is 0.0528. The Morgan fingerprint density at radius 2 is 2.31 bits per heavy atom. The third kappa shape index (κ3) is 1.83. The zero-order chi connectivity index (χ0) is 11.5. The van der Waals surface area contributed by atoms with Crippen molar-refractivity contribution in [2.75, 3.05) is 5.73 Å². The molecule has 0 aliphatic carbocycles. The summed E-state index contributed by atoms with van der Waals surface area (Å²) in [4.78, 5) is 19.6. The lowest BCUT2D eigenvalue weighted by Gasteiger charge is -1.98. The monoisotopic (exact) mass is 236 g/mol. The molecule has 2 heterocycles. The van der Waals surface area contributed by atoms with Gasteiger partial charge in [0.05, 0.1) is 0 Å². The summed E-state index contributed by atoms with van der Waals surface area (Å²) >= 11 is 1.09. The summed E-state index contributed by atoms with van der Waals surface area (Å²) < 4.78 is 2.27. The van der Waals surface area contributed by atoms with Crippen molar-refractivity contribution in [1.29, 1.82) is 0 Å². The van der Waals surface area contributed by atoms with Gasteiger partial charge in [0.1, 0.15) is 16.8 Å². The number of aromatic nitrogens is 3. The summed E-state index contributed by atoms with van der Waals surface area (Å²) in [6.45, 7) is 2.58. The molecule has 0 unspecified atom stereocenters. The van der Waals surface area contributed by atoms with E-state index in [0.29, 0.717) is 22.7 Å². The van der Waals surface area contributed by atoms with Gasteiger partial charge in [-0.1, -0.05) is 30.4 Å². The van der Waals surface area contributed by atoms with Crippen LogP contribution in [0.2, 0.25) is 0 Å². The van der Waals surface area contributed by atoms with Crippen LogP contribution in [0.25, 0.3) is 10.3 Å². The van der Waals surface area contributed by atoms with E-state index in [2.05, 4.69) is 9.97 Å². The molecular formula is C10H12N4OS. The van der Waals surface area contributed by atoms with Gasteiger partial charge in [-0.2, -0.15) is 0 Å². The Labute approximate surface area is 96.3 Å². The molecule has 0 atom stereocenters. The van der Waals surface area contributed by atoms with Crippen molar-refractivity contribution in [2.45, 2.75) is 19.9 Å². The molecule has 0 bridgehead atoms. The Bertz CT molecular complexity index is 584. The van der Waals surface area contributed by atoms with Crippen LogP contribution in [-0.2, 0) is 6.54 Å². The van der Waals surface area contributed by atoms with Crippen LogP contribution in [0.4, 0.5) is 5.82 Å². The highest BCUT2D eigenvalue weighted by molar-refractivity contribution is 7.17. The van der Waals surface area contributed by atoms with Gasteiger partial charge in [0.2, 0.25) is 0 Å². The Morgan fingerprint density at radius 3 is 3.06 bits per heavy atom. The van der Waals surface area contributed by atoms with E-state index in [-0.39, 0.29) is 4.87 Å². The number of nitrogens with zero attached hydrogens (tertiary/aromatic N) is 3. The summed E-state index contributed by atoms with van der Waals surface area (Å²) in [6, 6.07) is 0. The number of nitrogen functional groups attached to an aromatic ring is 1. The maximum atomic E-state index is 11.7. The van der Waals surface area contributed by atoms with Crippen LogP contribution in [0.3, 0.4) is 0 Å². The molecule has 6 heteroatoms. The second-order valence-electron chi connectivity index (χ2n) is 3.27. The second-order valence-corrected chi connectivity index (χ2v) is 4.23. The first kappa shape index (κ1) is 10.8. The molecule has 0 aliphatic heterocycles. The quantitative estimate of drug-likeness (QED) is 0.817. The van der Waals surface area contributed by atoms with E-state index in [1.165, 1.54) is 6.33 Å². The van der Waals surface area contributed by atoms with E-state index >= 15 is 0 Å². The Hall–Kier alpha value is -1.69. The van der Waals surface area contributed by atoms with Crippen molar-refractivity contribution >= 4 is 27.5 Å². The molecule has 2 N–H and O–H groups in total. The number of hydrogen-bond acceptors (Lipinski definition) is 5. The molecule has 0 saturated heterocycles. The van der Waals surface area contributed by atoms with Crippen molar-refractivity contribution < 1.29 is 0 Å². The van der Waals surface area contributed by atoms with Crippen LogP contribution in [-0.4, -0.2) is 14.5 Å². The van der Waals surface area contributed by atoms with Gasteiger partial charge in [0, 0.05) is 6.54 Å². The van der Waals surface area contributed by atoms with E-state index in [9.17, 15) is 4.79 Å². The van der Waals surface area contributed by atoms with Crippen LogP contribution < -0.4 is 10.6 Å². The van der Waals surface area contributed by atoms with Crippen molar-refractivity contribution in [3.05, 3.63) is 28.1 Å². The van der Waals surface area contributed by atoms with E-state index in [1.807, 2.05) is 19.1 Å². The van der Waals surface area contributed by atoms with Gasteiger partial charge in [-0.3, -0.25) is 9.36 Å². The second kappa shape index (κ2) is 4.44. The summed E-state index contributed by atoms with van der Waals surface area (Å²) in [5.41, 5.74) is 6.30. The first-order valence-electron chi connectivity index (χ1n) is 4.99. The highest BCUT2D eigenvalue weighted by atomic mass is 32.1. The lowest BCUT2D eigenvalue weighted by Crippen LogP contribution is -2.12. The summed E-state index contributed by atoms with van der Waals surface area (Å²) in [5, 5.41) is 0. The third-order valence-corrected chi connectivity index (χ3v) is 3.16. The largest absolute Gasteiger partial charge is 0.382 e. The molecule has 0 spiro atoms. The molecule has 84 valence electrons. The number of fused-ring (bicyclic) bond motifs is 1. The minimum atomic E-state index is -0.0528. The summed E-state index contributed by atoms with van der Waals surface area (Å²) in [6.07, 6.45) is 6.30. The highest BCUT2D eigenvalue weighted by Crippen LogP contribution is 2.19. The van der Waals surface area contributed by atoms with Gasteiger partial charge < -0.3 is 5.73 Å². The number of allylic oxidation sites excluding steroid dienone is 2. The van der Waals surface area contributed by atoms with Crippen LogP contribution in [0.5, 0.6) is 0 Å². The van der Waals surface area contributed by atoms with E-state index in [0.717, 1.165) is 17.8 Å². The average Bonchev–Trinajstić information content (AvgIpc) is 2.58. The Morgan fingerprint density at radius 1 is 1.50 bits per heavy atom. The lowest BCUT2D eigenvalue weighted by atomic mass is 10.4. The van der Waals surface area contributed by atoms with Crippen LogP contribution >= 0.6 is 11.3 Å². The van der Waals surface area contributed by atoms with Gasteiger partial charge in [-0.05, 0) is 6.42 Å². The average molecular weight is 236 g/mol. The molecule has 0 radical (unpaired) electrons. The van der Waals surface area contributed by atoms with Gasteiger partial charge >= 0.3 is 4.87 Å². The standard InChI is InChI=1S/C10H12N4OS/c1-2-3-4-5-14-9-7(16-10(14)15)8(11)12-6-13-9/h3-4,6H,2,5H2,1H3,(H2,11,12,13). The first-order valence-corrected chi connectivity index (χ1v) is 5.80. The number of rotatable bonds is 3. The number of anilines is 1. The fraction of sp³-hybridized carbons (Fsp3) is 0.300. The van der Waals surface area contributed by atoms with Gasteiger partial charge in [-0.15, -0.1) is 0 Å². The van der Waals surface area contributed by atoms with Crippen molar-refractivity contribution in [1.82, 2.24) is 14.5 Å². The van der Waals surface area contributed by atoms with Crippen molar-refractivity contribution in [3.63, 3.8) is 0 Å². The maximum Gasteiger partial charge on any atom is 0.309 e.